The Kier molecular flexibility index (Phi) is 43.0. The van der Waals surface area contributed by atoms with E-state index in [9.17, 15) is 14.4 Å². The first-order valence-corrected chi connectivity index (χ1v) is 23.4. The lowest BCUT2D eigenvalue weighted by Crippen LogP contribution is -2.30. The molecule has 0 aliphatic carbocycles. The van der Waals surface area contributed by atoms with Crippen molar-refractivity contribution in [3.8, 4) is 0 Å². The lowest BCUT2D eigenvalue weighted by molar-refractivity contribution is -0.166. The maximum Gasteiger partial charge on any atom is 0.309 e. The van der Waals surface area contributed by atoms with Gasteiger partial charge in [0.2, 0.25) is 0 Å². The van der Waals surface area contributed by atoms with Crippen LogP contribution >= 0.6 is 0 Å². The molecule has 0 rings (SSSR count). The van der Waals surface area contributed by atoms with Crippen LogP contribution in [0.1, 0.15) is 213 Å². The minimum absolute atomic E-state index is 0.110. The molecule has 0 saturated carbocycles. The van der Waals surface area contributed by atoms with Gasteiger partial charge in [0, 0.05) is 12.8 Å². The molecule has 0 aromatic heterocycles. The van der Waals surface area contributed by atoms with Gasteiger partial charge in [-0.15, -0.1) is 0 Å². The van der Waals surface area contributed by atoms with Crippen LogP contribution in [0.3, 0.4) is 0 Å². The summed E-state index contributed by atoms with van der Waals surface area (Å²) in [5, 5.41) is 0. The number of carbonyl (C=O) groups is 3. The summed E-state index contributed by atoms with van der Waals surface area (Å²) in [5.74, 6) is -1.07. The largest absolute Gasteiger partial charge is 0.462 e. The first-order valence-electron chi connectivity index (χ1n) is 23.4. The van der Waals surface area contributed by atoms with Crippen LogP contribution in [0, 0.1) is 0 Å². The van der Waals surface area contributed by atoms with Crippen LogP contribution in [0.15, 0.2) is 72.9 Å². The van der Waals surface area contributed by atoms with Crippen molar-refractivity contribution < 1.29 is 28.6 Å². The molecule has 1 atom stereocenters. The van der Waals surface area contributed by atoms with Gasteiger partial charge in [-0.1, -0.05) is 203 Å². The van der Waals surface area contributed by atoms with E-state index in [0.29, 0.717) is 6.42 Å². The maximum absolute atomic E-state index is 12.7. The van der Waals surface area contributed by atoms with Crippen LogP contribution in [0.2, 0.25) is 0 Å². The van der Waals surface area contributed by atoms with Crippen molar-refractivity contribution in [2.24, 2.45) is 0 Å². The van der Waals surface area contributed by atoms with Crippen molar-refractivity contribution >= 4 is 17.9 Å². The Morgan fingerprint density at radius 1 is 0.386 bits per heavy atom. The minimum atomic E-state index is -0.818. The van der Waals surface area contributed by atoms with Crippen molar-refractivity contribution in [2.45, 2.75) is 219 Å². The van der Waals surface area contributed by atoms with Crippen LogP contribution in [0.25, 0.3) is 0 Å². The van der Waals surface area contributed by atoms with E-state index in [1.165, 1.54) is 83.5 Å². The summed E-state index contributed by atoms with van der Waals surface area (Å²) in [7, 11) is 0. The molecule has 0 saturated heterocycles. The van der Waals surface area contributed by atoms with Crippen molar-refractivity contribution in [1.82, 2.24) is 0 Å². The second kappa shape index (κ2) is 45.6. The van der Waals surface area contributed by atoms with E-state index in [1.54, 1.807) is 6.08 Å². The molecule has 0 aromatic carbocycles. The topological polar surface area (TPSA) is 78.9 Å². The Balaban J connectivity index is 4.42. The van der Waals surface area contributed by atoms with Gasteiger partial charge in [0.05, 0.1) is 6.42 Å². The number of hydrogen-bond donors (Lipinski definition) is 0. The highest BCUT2D eigenvalue weighted by atomic mass is 16.6. The normalized spacial score (nSPS) is 12.7. The molecule has 6 nitrogen and oxygen atoms in total. The molecule has 0 fully saturated rings. The Labute approximate surface area is 351 Å². The van der Waals surface area contributed by atoms with E-state index < -0.39 is 12.1 Å². The SMILES string of the molecule is CC/C=C\C/C=C\C/C=C\CCCCCCC(=O)OC(COC(=O)C/C=C\C/C=C\C/C=C\CC)COC(=O)CCCCCCCCCCCCCCCCCC. The van der Waals surface area contributed by atoms with Gasteiger partial charge in [0.1, 0.15) is 13.2 Å². The molecule has 0 amide bonds. The Hall–Kier alpha value is -3.15. The quantitative estimate of drug-likeness (QED) is 0.0265. The fourth-order valence-corrected chi connectivity index (χ4v) is 6.28. The zero-order chi connectivity index (χ0) is 41.5. The number of carbonyl (C=O) groups excluding carboxylic acids is 3. The third-order valence-electron chi connectivity index (χ3n) is 9.74. The summed E-state index contributed by atoms with van der Waals surface area (Å²) in [4.78, 5) is 37.7. The van der Waals surface area contributed by atoms with Gasteiger partial charge in [-0.3, -0.25) is 14.4 Å². The Morgan fingerprint density at radius 2 is 0.754 bits per heavy atom. The van der Waals surface area contributed by atoms with Crippen LogP contribution in [0.5, 0.6) is 0 Å². The molecule has 57 heavy (non-hydrogen) atoms. The Morgan fingerprint density at radius 3 is 1.23 bits per heavy atom. The number of hydrogen-bond acceptors (Lipinski definition) is 6. The van der Waals surface area contributed by atoms with Gasteiger partial charge in [-0.05, 0) is 64.2 Å². The maximum atomic E-state index is 12.7. The summed E-state index contributed by atoms with van der Waals surface area (Å²) in [5.41, 5.74) is 0. The molecule has 1 unspecified atom stereocenters. The number of allylic oxidation sites excluding steroid dienone is 11. The molecule has 326 valence electrons. The predicted molar refractivity (Wildman–Crippen MR) is 242 cm³/mol. The third kappa shape index (κ3) is 43.8. The number of rotatable bonds is 41. The van der Waals surface area contributed by atoms with E-state index in [2.05, 4.69) is 81.5 Å². The summed E-state index contributed by atoms with van der Waals surface area (Å²) in [6, 6.07) is 0. The molecule has 0 radical (unpaired) electrons. The van der Waals surface area contributed by atoms with Crippen LogP contribution in [-0.4, -0.2) is 37.2 Å². The average Bonchev–Trinajstić information content (AvgIpc) is 3.21. The highest BCUT2D eigenvalue weighted by Crippen LogP contribution is 2.15. The predicted octanol–water partition coefficient (Wildman–Crippen LogP) is 15.1. The zero-order valence-corrected chi connectivity index (χ0v) is 37.1. The molecule has 0 spiro atoms. The van der Waals surface area contributed by atoms with Gasteiger partial charge in [-0.2, -0.15) is 0 Å². The standard InChI is InChI=1S/C51H86O6/c1-4-7-10-13-16-19-21-23-25-26-28-29-32-35-38-41-44-50(53)56-47-48(46-55-49(52)43-40-37-34-31-18-15-12-9-6-3)57-51(54)45-42-39-36-33-30-27-24-22-20-17-14-11-8-5-2/h8-9,11-12,17-18,20,24,27,31,37,40,48H,4-7,10,13-16,19,21-23,25-26,28-30,32-36,38-39,41-47H2,1-3H3/b11-8-,12-9-,20-17-,27-24-,31-18-,40-37-. The van der Waals surface area contributed by atoms with E-state index in [-0.39, 0.29) is 38.0 Å². The van der Waals surface area contributed by atoms with Crippen molar-refractivity contribution in [2.75, 3.05) is 13.2 Å². The lowest BCUT2D eigenvalue weighted by Gasteiger charge is -2.18. The van der Waals surface area contributed by atoms with Crippen LogP contribution < -0.4 is 0 Å². The summed E-state index contributed by atoms with van der Waals surface area (Å²) >= 11 is 0. The van der Waals surface area contributed by atoms with Gasteiger partial charge >= 0.3 is 17.9 Å². The Bertz CT molecular complexity index is 1100. The number of ether oxygens (including phenoxy) is 3. The number of unbranched alkanes of at least 4 members (excludes halogenated alkanes) is 19. The van der Waals surface area contributed by atoms with E-state index in [1.807, 2.05) is 6.08 Å². The molecule has 0 bridgehead atoms. The lowest BCUT2D eigenvalue weighted by atomic mass is 10.0. The van der Waals surface area contributed by atoms with Crippen molar-refractivity contribution in [3.05, 3.63) is 72.9 Å². The van der Waals surface area contributed by atoms with Crippen LogP contribution in [0.4, 0.5) is 0 Å². The molecule has 0 aliphatic heterocycles. The minimum Gasteiger partial charge on any atom is -0.462 e. The van der Waals surface area contributed by atoms with Gasteiger partial charge in [0.15, 0.2) is 6.10 Å². The van der Waals surface area contributed by atoms with E-state index >= 15 is 0 Å². The van der Waals surface area contributed by atoms with Crippen molar-refractivity contribution in [1.29, 1.82) is 0 Å². The molecular formula is C51H86O6. The molecule has 0 aliphatic rings. The zero-order valence-electron chi connectivity index (χ0n) is 37.1. The van der Waals surface area contributed by atoms with Gasteiger partial charge in [0.25, 0.3) is 0 Å². The summed E-state index contributed by atoms with van der Waals surface area (Å²) in [6.45, 7) is 6.28. The second-order valence-electron chi connectivity index (χ2n) is 15.3. The highest BCUT2D eigenvalue weighted by molar-refractivity contribution is 5.72. The molecule has 0 aromatic rings. The monoisotopic (exact) mass is 795 g/mol. The van der Waals surface area contributed by atoms with Crippen LogP contribution in [-0.2, 0) is 28.6 Å². The summed E-state index contributed by atoms with van der Waals surface area (Å²) < 4.78 is 16.6. The first-order chi connectivity index (χ1) is 28.0. The fraction of sp³-hybridized carbons (Fsp3) is 0.706. The number of esters is 3. The molecule has 0 heterocycles. The fourth-order valence-electron chi connectivity index (χ4n) is 6.28. The average molecular weight is 795 g/mol. The summed E-state index contributed by atoms with van der Waals surface area (Å²) in [6.07, 6.45) is 56.4. The molecule has 6 heteroatoms. The molecule has 0 N–H and O–H groups in total. The highest BCUT2D eigenvalue weighted by Gasteiger charge is 2.19. The van der Waals surface area contributed by atoms with E-state index in [4.69, 9.17) is 14.2 Å². The third-order valence-corrected chi connectivity index (χ3v) is 9.74. The first kappa shape index (κ1) is 53.9. The smallest absolute Gasteiger partial charge is 0.309 e. The second-order valence-corrected chi connectivity index (χ2v) is 15.3. The molecular weight excluding hydrogens is 709 g/mol. The van der Waals surface area contributed by atoms with Gasteiger partial charge in [-0.25, -0.2) is 0 Å². The van der Waals surface area contributed by atoms with E-state index in [0.717, 1.165) is 89.9 Å². The van der Waals surface area contributed by atoms with Gasteiger partial charge < -0.3 is 14.2 Å². The van der Waals surface area contributed by atoms with Crippen molar-refractivity contribution in [3.63, 3.8) is 0 Å².